The first-order valence-corrected chi connectivity index (χ1v) is 12.0. The van der Waals surface area contributed by atoms with Gasteiger partial charge < -0.3 is 20.2 Å². The standard InChI is InChI=1S/C30H23ClN2O4/c31-23-8-13-27-21(15-23)14-22(18-34)29(32-27)20-6-9-24(10-7-20)33(17-19-4-2-1-3-5-19)30(37)26-12-11-25(35)16-28(26)36/h1-16,34-36H,17-18H2. The van der Waals surface area contributed by atoms with Crippen LogP contribution in [0.5, 0.6) is 11.5 Å². The number of benzene rings is 4. The molecule has 0 aliphatic heterocycles. The van der Waals surface area contributed by atoms with Crippen LogP contribution >= 0.6 is 11.6 Å². The number of carbonyl (C=O) groups is 1. The van der Waals surface area contributed by atoms with E-state index in [1.807, 2.05) is 72.8 Å². The second kappa shape index (κ2) is 10.3. The summed E-state index contributed by atoms with van der Waals surface area (Å²) in [5.41, 5.74) is 4.44. The lowest BCUT2D eigenvalue weighted by atomic mass is 10.0. The van der Waals surface area contributed by atoms with E-state index in [0.717, 1.165) is 28.1 Å². The van der Waals surface area contributed by atoms with Crippen molar-refractivity contribution in [2.75, 3.05) is 4.90 Å². The number of nitrogens with zero attached hydrogens (tertiary/aromatic N) is 2. The Morgan fingerprint density at radius 3 is 2.32 bits per heavy atom. The van der Waals surface area contributed by atoms with Gasteiger partial charge in [0, 0.05) is 33.3 Å². The fourth-order valence-corrected chi connectivity index (χ4v) is 4.43. The second-order valence-corrected chi connectivity index (χ2v) is 9.05. The Morgan fingerprint density at radius 1 is 0.865 bits per heavy atom. The Bertz CT molecular complexity index is 1590. The molecule has 1 aromatic heterocycles. The number of aliphatic hydroxyl groups is 1. The minimum Gasteiger partial charge on any atom is -0.508 e. The highest BCUT2D eigenvalue weighted by molar-refractivity contribution is 6.31. The van der Waals surface area contributed by atoms with Gasteiger partial charge in [0.15, 0.2) is 0 Å². The minimum absolute atomic E-state index is 0.0789. The maximum atomic E-state index is 13.5. The molecule has 0 spiro atoms. The number of rotatable bonds is 6. The molecule has 3 N–H and O–H groups in total. The number of aromatic nitrogens is 1. The molecule has 6 nitrogen and oxygen atoms in total. The molecule has 1 heterocycles. The zero-order chi connectivity index (χ0) is 25.9. The van der Waals surface area contributed by atoms with Crippen LogP contribution in [0.15, 0.2) is 97.1 Å². The SMILES string of the molecule is O=C(c1ccc(O)cc1O)N(Cc1ccccc1)c1ccc(-c2nc3ccc(Cl)cc3cc2CO)cc1. The van der Waals surface area contributed by atoms with E-state index in [1.54, 1.807) is 11.0 Å². The van der Waals surface area contributed by atoms with Crippen molar-refractivity contribution in [3.63, 3.8) is 0 Å². The lowest BCUT2D eigenvalue weighted by Crippen LogP contribution is -2.30. The number of anilines is 1. The summed E-state index contributed by atoms with van der Waals surface area (Å²) < 4.78 is 0. The molecule has 0 saturated heterocycles. The van der Waals surface area contributed by atoms with Gasteiger partial charge in [0.25, 0.3) is 5.91 Å². The van der Waals surface area contributed by atoms with Crippen LogP contribution in [0.3, 0.4) is 0 Å². The molecule has 0 aliphatic carbocycles. The highest BCUT2D eigenvalue weighted by atomic mass is 35.5. The summed E-state index contributed by atoms with van der Waals surface area (Å²) in [6.07, 6.45) is 0. The van der Waals surface area contributed by atoms with Crippen LogP contribution in [0, 0.1) is 0 Å². The maximum Gasteiger partial charge on any atom is 0.262 e. The fourth-order valence-electron chi connectivity index (χ4n) is 4.25. The number of halogens is 1. The molecule has 5 rings (SSSR count). The number of pyridine rings is 1. The van der Waals surface area contributed by atoms with Crippen LogP contribution in [-0.2, 0) is 13.2 Å². The molecule has 0 radical (unpaired) electrons. The molecule has 0 bridgehead atoms. The van der Waals surface area contributed by atoms with E-state index in [-0.39, 0.29) is 30.2 Å². The molecule has 0 atom stereocenters. The summed E-state index contributed by atoms with van der Waals surface area (Å²) in [4.78, 5) is 19.8. The molecule has 0 unspecified atom stereocenters. The third-order valence-electron chi connectivity index (χ3n) is 6.12. The van der Waals surface area contributed by atoms with Crippen molar-refractivity contribution in [3.8, 4) is 22.8 Å². The monoisotopic (exact) mass is 510 g/mol. The van der Waals surface area contributed by atoms with Gasteiger partial charge in [-0.15, -0.1) is 0 Å². The van der Waals surface area contributed by atoms with Crippen molar-refractivity contribution in [2.45, 2.75) is 13.2 Å². The fraction of sp³-hybridized carbons (Fsp3) is 0.0667. The third-order valence-corrected chi connectivity index (χ3v) is 6.35. The smallest absolute Gasteiger partial charge is 0.262 e. The number of amides is 1. The summed E-state index contributed by atoms with van der Waals surface area (Å²) in [5, 5.41) is 31.4. The van der Waals surface area contributed by atoms with E-state index >= 15 is 0 Å². The highest BCUT2D eigenvalue weighted by Crippen LogP contribution is 2.31. The predicted octanol–water partition coefficient (Wildman–Crippen LogP) is 6.31. The van der Waals surface area contributed by atoms with Crippen LogP contribution in [0.4, 0.5) is 5.69 Å². The number of phenols is 2. The maximum absolute atomic E-state index is 13.5. The first-order valence-electron chi connectivity index (χ1n) is 11.6. The Morgan fingerprint density at radius 2 is 1.62 bits per heavy atom. The minimum atomic E-state index is -0.411. The van der Waals surface area contributed by atoms with Crippen molar-refractivity contribution in [2.24, 2.45) is 0 Å². The van der Waals surface area contributed by atoms with E-state index in [1.165, 1.54) is 12.1 Å². The summed E-state index contributed by atoms with van der Waals surface area (Å²) in [6, 6.07) is 28.0. The van der Waals surface area contributed by atoms with Crippen LogP contribution in [0.1, 0.15) is 21.5 Å². The van der Waals surface area contributed by atoms with E-state index in [0.29, 0.717) is 22.0 Å². The Labute approximate surface area is 218 Å². The second-order valence-electron chi connectivity index (χ2n) is 8.62. The molecule has 184 valence electrons. The van der Waals surface area contributed by atoms with E-state index < -0.39 is 5.91 Å². The van der Waals surface area contributed by atoms with E-state index in [4.69, 9.17) is 16.6 Å². The third kappa shape index (κ3) is 5.11. The van der Waals surface area contributed by atoms with Crippen LogP contribution < -0.4 is 4.90 Å². The van der Waals surface area contributed by atoms with Crippen LogP contribution in [-0.4, -0.2) is 26.2 Å². The number of phenolic OH excluding ortho intramolecular Hbond substituents is 2. The van der Waals surface area contributed by atoms with Crippen LogP contribution in [0.2, 0.25) is 5.02 Å². The van der Waals surface area contributed by atoms with Gasteiger partial charge in [0.05, 0.1) is 29.9 Å². The van der Waals surface area contributed by atoms with E-state index in [9.17, 15) is 20.1 Å². The number of hydrogen-bond acceptors (Lipinski definition) is 5. The van der Waals surface area contributed by atoms with Crippen molar-refractivity contribution in [1.29, 1.82) is 0 Å². The van der Waals surface area contributed by atoms with Gasteiger partial charge in [-0.2, -0.15) is 0 Å². The number of fused-ring (bicyclic) bond motifs is 1. The predicted molar refractivity (Wildman–Crippen MR) is 145 cm³/mol. The van der Waals surface area contributed by atoms with Crippen molar-refractivity contribution in [1.82, 2.24) is 4.98 Å². The average molecular weight is 511 g/mol. The normalized spacial score (nSPS) is 11.0. The lowest BCUT2D eigenvalue weighted by Gasteiger charge is -2.24. The average Bonchev–Trinajstić information content (AvgIpc) is 2.91. The first kappa shape index (κ1) is 24.3. The summed E-state index contributed by atoms with van der Waals surface area (Å²) >= 11 is 6.11. The number of hydrogen-bond donors (Lipinski definition) is 3. The number of aromatic hydroxyl groups is 2. The molecule has 4 aromatic carbocycles. The highest BCUT2D eigenvalue weighted by Gasteiger charge is 2.22. The van der Waals surface area contributed by atoms with Gasteiger partial charge in [0.1, 0.15) is 11.5 Å². The molecule has 0 saturated carbocycles. The van der Waals surface area contributed by atoms with Gasteiger partial charge in [-0.1, -0.05) is 54.1 Å². The molecule has 0 fully saturated rings. The summed E-state index contributed by atoms with van der Waals surface area (Å²) in [6.45, 7) is 0.0848. The van der Waals surface area contributed by atoms with Crippen molar-refractivity contribution in [3.05, 3.63) is 119 Å². The van der Waals surface area contributed by atoms with Gasteiger partial charge in [-0.3, -0.25) is 4.79 Å². The summed E-state index contributed by atoms with van der Waals surface area (Å²) in [5.74, 6) is -0.837. The van der Waals surface area contributed by atoms with Crippen molar-refractivity contribution >= 4 is 34.1 Å². The zero-order valence-corrected chi connectivity index (χ0v) is 20.4. The number of carbonyl (C=O) groups excluding carboxylic acids is 1. The molecule has 7 heteroatoms. The Kier molecular flexibility index (Phi) is 6.77. The molecular weight excluding hydrogens is 488 g/mol. The first-order chi connectivity index (χ1) is 17.9. The van der Waals surface area contributed by atoms with Gasteiger partial charge in [-0.05, 0) is 54.1 Å². The number of aliphatic hydroxyl groups excluding tert-OH is 1. The van der Waals surface area contributed by atoms with E-state index in [2.05, 4.69) is 0 Å². The van der Waals surface area contributed by atoms with Gasteiger partial charge >= 0.3 is 0 Å². The summed E-state index contributed by atoms with van der Waals surface area (Å²) in [7, 11) is 0. The zero-order valence-electron chi connectivity index (χ0n) is 19.7. The van der Waals surface area contributed by atoms with Crippen LogP contribution in [0.25, 0.3) is 22.2 Å². The topological polar surface area (TPSA) is 93.9 Å². The quantitative estimate of drug-likeness (QED) is 0.249. The van der Waals surface area contributed by atoms with Crippen molar-refractivity contribution < 1.29 is 20.1 Å². The largest absolute Gasteiger partial charge is 0.508 e. The Hall–Kier alpha value is -4.39. The molecule has 1 amide bonds. The molecular formula is C30H23ClN2O4. The molecule has 37 heavy (non-hydrogen) atoms. The van der Waals surface area contributed by atoms with Gasteiger partial charge in [-0.25, -0.2) is 4.98 Å². The molecule has 5 aromatic rings. The van der Waals surface area contributed by atoms with Gasteiger partial charge in [0.2, 0.25) is 0 Å². The lowest BCUT2D eigenvalue weighted by molar-refractivity contribution is 0.0982. The Balaban J connectivity index is 1.54. The molecule has 0 aliphatic rings.